The lowest BCUT2D eigenvalue weighted by molar-refractivity contribution is 0.475. The molecule has 124 valence electrons. The van der Waals surface area contributed by atoms with Crippen LogP contribution in [0.1, 0.15) is 0 Å². The molecule has 0 saturated carbocycles. The summed E-state index contributed by atoms with van der Waals surface area (Å²) in [6.07, 6.45) is 0. The molecule has 0 spiro atoms. The molecular weight excluding hydrogens is 318 g/mol. The van der Waals surface area contributed by atoms with Gasteiger partial charge in [-0.15, -0.1) is 0 Å². The van der Waals surface area contributed by atoms with Gasteiger partial charge in [0.1, 0.15) is 5.75 Å². The Morgan fingerprint density at radius 3 is 2.08 bits per heavy atom. The normalized spacial score (nSPS) is 11.2. The van der Waals surface area contributed by atoms with Gasteiger partial charge in [0.05, 0.1) is 11.0 Å². The van der Waals surface area contributed by atoms with Crippen molar-refractivity contribution >= 4 is 21.8 Å². The summed E-state index contributed by atoms with van der Waals surface area (Å²) in [5.74, 6) is 0.276. The summed E-state index contributed by atoms with van der Waals surface area (Å²) in [5, 5.41) is 12.2. The molecule has 0 aliphatic heterocycles. The first kappa shape index (κ1) is 14.8. The molecular formula is C24H17NO. The van der Waals surface area contributed by atoms with Gasteiger partial charge in [0.2, 0.25) is 0 Å². The highest BCUT2D eigenvalue weighted by Crippen LogP contribution is 2.37. The summed E-state index contributed by atoms with van der Waals surface area (Å²) in [5.41, 5.74) is 5.79. The fourth-order valence-electron chi connectivity index (χ4n) is 3.74. The summed E-state index contributed by atoms with van der Waals surface area (Å²) in [6.45, 7) is 0. The number of rotatable bonds is 2. The first-order valence-corrected chi connectivity index (χ1v) is 8.70. The maximum atomic E-state index is 9.70. The molecule has 0 atom stereocenters. The van der Waals surface area contributed by atoms with Crippen LogP contribution in [0, 0.1) is 0 Å². The standard InChI is InChI=1S/C24H17NO/c26-19-15-13-18(14-16-19)25-23-12-5-4-9-21(23)22-11-6-10-20(24(22)25)17-7-2-1-3-8-17/h1-16,26H. The second kappa shape index (κ2) is 5.78. The second-order valence-electron chi connectivity index (χ2n) is 6.44. The van der Waals surface area contributed by atoms with Gasteiger partial charge in [-0.1, -0.05) is 66.7 Å². The van der Waals surface area contributed by atoms with Gasteiger partial charge < -0.3 is 9.67 Å². The van der Waals surface area contributed by atoms with Gasteiger partial charge in [-0.25, -0.2) is 0 Å². The molecule has 2 nitrogen and oxygen atoms in total. The third kappa shape index (κ3) is 2.20. The van der Waals surface area contributed by atoms with Crippen LogP contribution in [0.4, 0.5) is 0 Å². The molecule has 0 saturated heterocycles. The number of benzene rings is 4. The summed E-state index contributed by atoms with van der Waals surface area (Å²) in [4.78, 5) is 0. The van der Waals surface area contributed by atoms with Gasteiger partial charge in [-0.05, 0) is 35.9 Å². The summed E-state index contributed by atoms with van der Waals surface area (Å²) in [6, 6.07) is 32.8. The predicted molar refractivity (Wildman–Crippen MR) is 108 cm³/mol. The van der Waals surface area contributed by atoms with E-state index in [4.69, 9.17) is 0 Å². The minimum absolute atomic E-state index is 0.276. The monoisotopic (exact) mass is 335 g/mol. The van der Waals surface area contributed by atoms with Gasteiger partial charge in [0, 0.05) is 22.0 Å². The molecule has 1 aromatic heterocycles. The Bertz CT molecular complexity index is 1220. The number of para-hydroxylation sites is 2. The Hall–Kier alpha value is -3.52. The molecule has 0 aliphatic carbocycles. The number of fused-ring (bicyclic) bond motifs is 3. The maximum Gasteiger partial charge on any atom is 0.115 e. The molecule has 2 heteroatoms. The molecule has 4 aromatic carbocycles. The van der Waals surface area contributed by atoms with Crippen molar-refractivity contribution in [2.24, 2.45) is 0 Å². The number of phenolic OH excluding ortho intramolecular Hbond substituents is 1. The van der Waals surface area contributed by atoms with Gasteiger partial charge in [-0.2, -0.15) is 0 Å². The minimum Gasteiger partial charge on any atom is -0.508 e. The first-order valence-electron chi connectivity index (χ1n) is 8.70. The zero-order valence-electron chi connectivity index (χ0n) is 14.1. The number of aromatic nitrogens is 1. The summed E-state index contributed by atoms with van der Waals surface area (Å²) >= 11 is 0. The smallest absolute Gasteiger partial charge is 0.115 e. The van der Waals surface area contributed by atoms with Gasteiger partial charge in [-0.3, -0.25) is 0 Å². The fraction of sp³-hybridized carbons (Fsp3) is 0. The fourth-order valence-corrected chi connectivity index (χ4v) is 3.74. The van der Waals surface area contributed by atoms with Crippen LogP contribution in [0.2, 0.25) is 0 Å². The van der Waals surface area contributed by atoms with E-state index in [0.29, 0.717) is 0 Å². The molecule has 5 rings (SSSR count). The van der Waals surface area contributed by atoms with Crippen LogP contribution in [-0.4, -0.2) is 9.67 Å². The molecule has 0 unspecified atom stereocenters. The molecule has 1 N–H and O–H groups in total. The van der Waals surface area contributed by atoms with E-state index in [1.165, 1.54) is 27.4 Å². The number of hydrogen-bond acceptors (Lipinski definition) is 1. The quantitative estimate of drug-likeness (QED) is 0.411. The topological polar surface area (TPSA) is 25.2 Å². The van der Waals surface area contributed by atoms with Crippen molar-refractivity contribution < 1.29 is 5.11 Å². The van der Waals surface area contributed by atoms with Crippen LogP contribution < -0.4 is 0 Å². The average molecular weight is 335 g/mol. The van der Waals surface area contributed by atoms with E-state index in [-0.39, 0.29) is 5.75 Å². The molecule has 0 radical (unpaired) electrons. The van der Waals surface area contributed by atoms with E-state index in [2.05, 4.69) is 71.3 Å². The third-order valence-electron chi connectivity index (χ3n) is 4.89. The average Bonchev–Trinajstić information content (AvgIpc) is 3.04. The van der Waals surface area contributed by atoms with Crippen molar-refractivity contribution in [2.45, 2.75) is 0 Å². The van der Waals surface area contributed by atoms with Crippen molar-refractivity contribution in [3.63, 3.8) is 0 Å². The summed E-state index contributed by atoms with van der Waals surface area (Å²) in [7, 11) is 0. The van der Waals surface area contributed by atoms with Crippen LogP contribution in [0.15, 0.2) is 97.1 Å². The lowest BCUT2D eigenvalue weighted by atomic mass is 10.0. The Labute approximate surface area is 151 Å². The van der Waals surface area contributed by atoms with Gasteiger partial charge in [0.15, 0.2) is 0 Å². The van der Waals surface area contributed by atoms with E-state index < -0.39 is 0 Å². The van der Waals surface area contributed by atoms with E-state index >= 15 is 0 Å². The van der Waals surface area contributed by atoms with E-state index in [1.54, 1.807) is 12.1 Å². The predicted octanol–water partition coefficient (Wildman–Crippen LogP) is 6.16. The Morgan fingerprint density at radius 1 is 0.577 bits per heavy atom. The molecule has 5 aromatic rings. The number of phenols is 1. The molecule has 0 aliphatic rings. The zero-order chi connectivity index (χ0) is 17.5. The highest BCUT2D eigenvalue weighted by atomic mass is 16.3. The van der Waals surface area contributed by atoms with Crippen LogP contribution >= 0.6 is 0 Å². The van der Waals surface area contributed by atoms with E-state index in [1.807, 2.05) is 18.2 Å². The van der Waals surface area contributed by atoms with Gasteiger partial charge in [0.25, 0.3) is 0 Å². The molecule has 0 fully saturated rings. The number of nitrogens with zero attached hydrogens (tertiary/aromatic N) is 1. The Kier molecular flexibility index (Phi) is 3.29. The highest BCUT2D eigenvalue weighted by Gasteiger charge is 2.15. The van der Waals surface area contributed by atoms with Gasteiger partial charge >= 0.3 is 0 Å². The second-order valence-corrected chi connectivity index (χ2v) is 6.44. The van der Waals surface area contributed by atoms with E-state index in [9.17, 15) is 5.11 Å². The number of hydrogen-bond donors (Lipinski definition) is 1. The van der Waals surface area contributed by atoms with E-state index in [0.717, 1.165) is 11.2 Å². The largest absolute Gasteiger partial charge is 0.508 e. The molecule has 0 amide bonds. The van der Waals surface area contributed by atoms with Crippen molar-refractivity contribution in [2.75, 3.05) is 0 Å². The van der Waals surface area contributed by atoms with Crippen molar-refractivity contribution in [3.8, 4) is 22.6 Å². The van der Waals surface area contributed by atoms with Crippen molar-refractivity contribution in [3.05, 3.63) is 97.1 Å². The van der Waals surface area contributed by atoms with Crippen LogP contribution in [-0.2, 0) is 0 Å². The van der Waals surface area contributed by atoms with Crippen LogP contribution in [0.3, 0.4) is 0 Å². The van der Waals surface area contributed by atoms with Crippen molar-refractivity contribution in [1.29, 1.82) is 0 Å². The first-order chi connectivity index (χ1) is 12.8. The molecule has 26 heavy (non-hydrogen) atoms. The maximum absolute atomic E-state index is 9.70. The number of aromatic hydroxyl groups is 1. The summed E-state index contributed by atoms with van der Waals surface area (Å²) < 4.78 is 2.28. The van der Waals surface area contributed by atoms with Crippen LogP contribution in [0.5, 0.6) is 5.75 Å². The molecule has 1 heterocycles. The molecule has 0 bridgehead atoms. The Balaban J connectivity index is 1.96. The highest BCUT2D eigenvalue weighted by molar-refractivity contribution is 6.13. The lowest BCUT2D eigenvalue weighted by Gasteiger charge is -2.11. The van der Waals surface area contributed by atoms with Crippen molar-refractivity contribution in [1.82, 2.24) is 4.57 Å². The van der Waals surface area contributed by atoms with Crippen LogP contribution in [0.25, 0.3) is 38.6 Å². The third-order valence-corrected chi connectivity index (χ3v) is 4.89. The lowest BCUT2D eigenvalue weighted by Crippen LogP contribution is -1.95. The SMILES string of the molecule is Oc1ccc(-n2c3ccccc3c3cccc(-c4ccccc4)c32)cc1. The minimum atomic E-state index is 0.276. The zero-order valence-corrected chi connectivity index (χ0v) is 14.1. The Morgan fingerprint density at radius 2 is 1.27 bits per heavy atom.